The van der Waals surface area contributed by atoms with Gasteiger partial charge in [-0.1, -0.05) is 19.3 Å². The molecule has 2 N–H and O–H groups in total. The van der Waals surface area contributed by atoms with Crippen molar-refractivity contribution in [1.82, 2.24) is 10.6 Å². The van der Waals surface area contributed by atoms with E-state index in [1.54, 1.807) is 0 Å². The summed E-state index contributed by atoms with van der Waals surface area (Å²) >= 11 is 0. The number of hydrogen-bond donors (Lipinski definition) is 2. The molecule has 1 amide bonds. The second kappa shape index (κ2) is 6.18. The predicted octanol–water partition coefficient (Wildman–Crippen LogP) is 0.586. The lowest BCUT2D eigenvalue weighted by Gasteiger charge is -2.22. The molecule has 5 nitrogen and oxygen atoms in total. The van der Waals surface area contributed by atoms with Gasteiger partial charge in [-0.3, -0.25) is 9.59 Å². The van der Waals surface area contributed by atoms with Crippen LogP contribution in [0.2, 0.25) is 0 Å². The molecule has 5 heteroatoms. The van der Waals surface area contributed by atoms with Gasteiger partial charge in [-0.25, -0.2) is 0 Å². The predicted molar refractivity (Wildman–Crippen MR) is 66.9 cm³/mol. The minimum atomic E-state index is -0.272. The Balaban J connectivity index is 1.76. The first kappa shape index (κ1) is 13.3. The van der Waals surface area contributed by atoms with Crippen LogP contribution in [0.4, 0.5) is 0 Å². The van der Waals surface area contributed by atoms with Crippen molar-refractivity contribution in [3.8, 4) is 0 Å². The maximum atomic E-state index is 12.0. The fourth-order valence-electron chi connectivity index (χ4n) is 2.85. The third-order valence-corrected chi connectivity index (χ3v) is 3.94. The van der Waals surface area contributed by atoms with Gasteiger partial charge >= 0.3 is 5.97 Å². The molecule has 0 aromatic carbocycles. The number of methoxy groups -OCH3 is 1. The number of esters is 1. The van der Waals surface area contributed by atoms with Crippen LogP contribution >= 0.6 is 0 Å². The van der Waals surface area contributed by atoms with Crippen molar-refractivity contribution in [2.75, 3.05) is 13.7 Å². The van der Waals surface area contributed by atoms with E-state index in [0.717, 1.165) is 25.7 Å². The van der Waals surface area contributed by atoms with E-state index in [0.29, 0.717) is 13.0 Å². The van der Waals surface area contributed by atoms with Crippen molar-refractivity contribution in [3.63, 3.8) is 0 Å². The molecule has 18 heavy (non-hydrogen) atoms. The zero-order valence-electron chi connectivity index (χ0n) is 10.9. The standard InChI is InChI=1S/C13H22N2O3/c1-18-13(17)11-7-10(8-14-11)15-12(16)9-5-3-2-4-6-9/h9-11,14H,2-8H2,1H3,(H,15,16)/t10-,11+/m1/s1. The SMILES string of the molecule is COC(=O)[C@@H]1C[C@@H](NC(=O)C2CCCCC2)CN1. The van der Waals surface area contributed by atoms with Gasteiger partial charge in [0.1, 0.15) is 6.04 Å². The number of rotatable bonds is 3. The van der Waals surface area contributed by atoms with Crippen molar-refractivity contribution in [2.24, 2.45) is 5.92 Å². The molecule has 0 radical (unpaired) electrons. The zero-order chi connectivity index (χ0) is 13.0. The molecule has 1 saturated heterocycles. The van der Waals surface area contributed by atoms with Crippen LogP contribution in [0.15, 0.2) is 0 Å². The zero-order valence-corrected chi connectivity index (χ0v) is 10.9. The molecule has 2 fully saturated rings. The van der Waals surface area contributed by atoms with E-state index in [-0.39, 0.29) is 29.9 Å². The van der Waals surface area contributed by atoms with Crippen molar-refractivity contribution in [3.05, 3.63) is 0 Å². The molecule has 0 aromatic rings. The smallest absolute Gasteiger partial charge is 0.322 e. The first-order valence-corrected chi connectivity index (χ1v) is 6.82. The van der Waals surface area contributed by atoms with Crippen LogP contribution in [-0.2, 0) is 14.3 Å². The molecule has 102 valence electrons. The van der Waals surface area contributed by atoms with Crippen LogP contribution in [-0.4, -0.2) is 37.6 Å². The summed E-state index contributed by atoms with van der Waals surface area (Å²) in [6, 6.07) is -0.213. The molecule has 1 saturated carbocycles. The third kappa shape index (κ3) is 3.22. The summed E-state index contributed by atoms with van der Waals surface area (Å²) in [6.07, 6.45) is 6.21. The Bertz CT molecular complexity index is 313. The molecule has 0 bridgehead atoms. The lowest BCUT2D eigenvalue weighted by molar-refractivity contribution is -0.142. The highest BCUT2D eigenvalue weighted by molar-refractivity contribution is 5.80. The summed E-state index contributed by atoms with van der Waals surface area (Å²) in [5.74, 6) is 0.0901. The summed E-state index contributed by atoms with van der Waals surface area (Å²) in [4.78, 5) is 23.4. The first-order valence-electron chi connectivity index (χ1n) is 6.82. The topological polar surface area (TPSA) is 67.4 Å². The number of carbonyl (C=O) groups excluding carboxylic acids is 2. The second-order valence-corrected chi connectivity index (χ2v) is 5.26. The van der Waals surface area contributed by atoms with E-state index in [4.69, 9.17) is 0 Å². The minimum absolute atomic E-state index is 0.0588. The van der Waals surface area contributed by atoms with Gasteiger partial charge in [-0.2, -0.15) is 0 Å². The number of hydrogen-bond acceptors (Lipinski definition) is 4. The van der Waals surface area contributed by atoms with Crippen LogP contribution in [0.5, 0.6) is 0 Å². The summed E-state index contributed by atoms with van der Waals surface area (Å²) in [5, 5.41) is 6.12. The molecule has 2 rings (SSSR count). The van der Waals surface area contributed by atoms with Gasteiger partial charge in [-0.15, -0.1) is 0 Å². The van der Waals surface area contributed by atoms with E-state index in [9.17, 15) is 9.59 Å². The Kier molecular flexibility index (Phi) is 4.58. The molecular formula is C13H22N2O3. The van der Waals surface area contributed by atoms with Crippen LogP contribution < -0.4 is 10.6 Å². The van der Waals surface area contributed by atoms with Crippen LogP contribution in [0.25, 0.3) is 0 Å². The van der Waals surface area contributed by atoms with E-state index < -0.39 is 0 Å². The van der Waals surface area contributed by atoms with Gasteiger partial charge in [0.15, 0.2) is 0 Å². The quantitative estimate of drug-likeness (QED) is 0.723. The molecule has 2 atom stereocenters. The van der Waals surface area contributed by atoms with E-state index >= 15 is 0 Å². The first-order chi connectivity index (χ1) is 8.70. The van der Waals surface area contributed by atoms with Gasteiger partial charge in [-0.05, 0) is 19.3 Å². The lowest BCUT2D eigenvalue weighted by Crippen LogP contribution is -2.40. The van der Waals surface area contributed by atoms with E-state index in [2.05, 4.69) is 15.4 Å². The Morgan fingerprint density at radius 1 is 1.22 bits per heavy atom. The largest absolute Gasteiger partial charge is 0.468 e. The number of nitrogens with one attached hydrogen (secondary N) is 2. The highest BCUT2D eigenvalue weighted by Crippen LogP contribution is 2.24. The Morgan fingerprint density at radius 3 is 2.61 bits per heavy atom. The molecule has 0 spiro atoms. The van der Waals surface area contributed by atoms with Gasteiger partial charge in [0.2, 0.25) is 5.91 Å². The van der Waals surface area contributed by atoms with Crippen molar-refractivity contribution in [1.29, 1.82) is 0 Å². The lowest BCUT2D eigenvalue weighted by atomic mass is 9.88. The van der Waals surface area contributed by atoms with E-state index in [1.807, 2.05) is 0 Å². The molecular weight excluding hydrogens is 232 g/mol. The maximum absolute atomic E-state index is 12.0. The molecule has 1 aliphatic heterocycles. The normalized spacial score (nSPS) is 28.9. The fraction of sp³-hybridized carbons (Fsp3) is 0.846. The maximum Gasteiger partial charge on any atom is 0.322 e. The molecule has 1 heterocycles. The highest BCUT2D eigenvalue weighted by atomic mass is 16.5. The monoisotopic (exact) mass is 254 g/mol. The van der Waals surface area contributed by atoms with Gasteiger partial charge in [0.05, 0.1) is 7.11 Å². The number of ether oxygens (including phenoxy) is 1. The fourth-order valence-corrected chi connectivity index (χ4v) is 2.85. The van der Waals surface area contributed by atoms with Crippen LogP contribution in [0, 0.1) is 5.92 Å². The van der Waals surface area contributed by atoms with Crippen molar-refractivity contribution in [2.45, 2.75) is 50.6 Å². The van der Waals surface area contributed by atoms with E-state index in [1.165, 1.54) is 13.5 Å². The highest BCUT2D eigenvalue weighted by Gasteiger charge is 2.32. The van der Waals surface area contributed by atoms with Gasteiger partial charge in [0.25, 0.3) is 0 Å². The molecule has 1 aliphatic carbocycles. The second-order valence-electron chi connectivity index (χ2n) is 5.26. The Hall–Kier alpha value is -1.10. The molecule has 0 unspecified atom stereocenters. The third-order valence-electron chi connectivity index (χ3n) is 3.94. The van der Waals surface area contributed by atoms with Crippen molar-refractivity contribution >= 4 is 11.9 Å². The Labute approximate surface area is 108 Å². The molecule has 2 aliphatic rings. The summed E-state index contributed by atoms with van der Waals surface area (Å²) in [6.45, 7) is 0.651. The number of carbonyl (C=O) groups is 2. The number of amides is 1. The minimum Gasteiger partial charge on any atom is -0.468 e. The van der Waals surface area contributed by atoms with Crippen molar-refractivity contribution < 1.29 is 14.3 Å². The van der Waals surface area contributed by atoms with Crippen LogP contribution in [0.1, 0.15) is 38.5 Å². The Morgan fingerprint density at radius 2 is 1.94 bits per heavy atom. The summed E-state index contributed by atoms with van der Waals surface area (Å²) in [7, 11) is 1.39. The average molecular weight is 254 g/mol. The molecule has 0 aromatic heterocycles. The average Bonchev–Trinajstić information content (AvgIpc) is 2.87. The van der Waals surface area contributed by atoms with Crippen LogP contribution in [0.3, 0.4) is 0 Å². The van der Waals surface area contributed by atoms with Gasteiger partial charge < -0.3 is 15.4 Å². The summed E-state index contributed by atoms with van der Waals surface area (Å²) in [5.41, 5.74) is 0. The van der Waals surface area contributed by atoms with Gasteiger partial charge in [0, 0.05) is 18.5 Å². The summed E-state index contributed by atoms with van der Waals surface area (Å²) < 4.78 is 4.69.